The number of para-hydroxylation sites is 1. The normalized spacial score (nSPS) is 13.9. The maximum Gasteiger partial charge on any atom is 0.231 e. The summed E-state index contributed by atoms with van der Waals surface area (Å²) < 4.78 is 16.1. The molecule has 0 spiro atoms. The van der Waals surface area contributed by atoms with Crippen molar-refractivity contribution in [3.8, 4) is 17.2 Å². The van der Waals surface area contributed by atoms with Gasteiger partial charge in [-0.25, -0.2) is 0 Å². The summed E-state index contributed by atoms with van der Waals surface area (Å²) in [7, 11) is 1.67. The number of fused-ring (bicyclic) bond motifs is 1. The molecule has 0 aromatic heterocycles. The van der Waals surface area contributed by atoms with Gasteiger partial charge < -0.3 is 19.5 Å². The molecule has 1 atom stereocenters. The lowest BCUT2D eigenvalue weighted by atomic mass is 10.1. The second-order valence-electron chi connectivity index (χ2n) is 4.79. The minimum absolute atomic E-state index is 0.0408. The van der Waals surface area contributed by atoms with E-state index in [0.717, 1.165) is 17.0 Å². The fraction of sp³-hybridized carbons (Fsp3) is 0.250. The number of anilines is 1. The fourth-order valence-corrected chi connectivity index (χ4v) is 2.57. The van der Waals surface area contributed by atoms with Crippen molar-refractivity contribution in [3.63, 3.8) is 0 Å². The lowest BCUT2D eigenvalue weighted by molar-refractivity contribution is 0.174. The molecule has 1 heterocycles. The van der Waals surface area contributed by atoms with Crippen molar-refractivity contribution >= 4 is 17.3 Å². The smallest absolute Gasteiger partial charge is 0.231 e. The van der Waals surface area contributed by atoms with E-state index in [9.17, 15) is 0 Å². The van der Waals surface area contributed by atoms with Gasteiger partial charge in [0, 0.05) is 17.7 Å². The zero-order valence-electron chi connectivity index (χ0n) is 11.9. The Bertz CT molecular complexity index is 660. The van der Waals surface area contributed by atoms with Crippen molar-refractivity contribution in [1.29, 1.82) is 0 Å². The van der Waals surface area contributed by atoms with Gasteiger partial charge in [0.2, 0.25) is 6.79 Å². The van der Waals surface area contributed by atoms with Crippen molar-refractivity contribution in [2.24, 2.45) is 0 Å². The lowest BCUT2D eigenvalue weighted by Crippen LogP contribution is -2.08. The molecule has 2 aromatic carbocycles. The highest BCUT2D eigenvalue weighted by molar-refractivity contribution is 6.33. The summed E-state index contributed by atoms with van der Waals surface area (Å²) in [5, 5.41) is 3.98. The first kappa shape index (κ1) is 13.9. The Balaban J connectivity index is 1.86. The second-order valence-corrected chi connectivity index (χ2v) is 5.20. The topological polar surface area (TPSA) is 39.7 Å². The Morgan fingerprint density at radius 2 is 1.90 bits per heavy atom. The summed E-state index contributed by atoms with van der Waals surface area (Å²) in [5.41, 5.74) is 1.87. The van der Waals surface area contributed by atoms with E-state index >= 15 is 0 Å². The van der Waals surface area contributed by atoms with E-state index in [-0.39, 0.29) is 12.8 Å². The quantitative estimate of drug-likeness (QED) is 0.916. The van der Waals surface area contributed by atoms with Crippen LogP contribution in [0.25, 0.3) is 0 Å². The number of hydrogen-bond acceptors (Lipinski definition) is 4. The molecular formula is C16H16ClNO3. The van der Waals surface area contributed by atoms with Crippen molar-refractivity contribution < 1.29 is 14.2 Å². The zero-order valence-corrected chi connectivity index (χ0v) is 12.6. The highest BCUT2D eigenvalue weighted by atomic mass is 35.5. The number of methoxy groups -OCH3 is 1. The molecule has 3 rings (SSSR count). The standard InChI is InChI=1S/C16H16ClNO3/c1-10(11-5-3-4-6-14(11)19-2)18-13-8-16-15(7-12(13)17)20-9-21-16/h3-8,10,18H,9H2,1-2H3. The van der Waals surface area contributed by atoms with E-state index in [1.54, 1.807) is 13.2 Å². The first-order valence-corrected chi connectivity index (χ1v) is 7.05. The number of nitrogens with one attached hydrogen (secondary N) is 1. The van der Waals surface area contributed by atoms with Crippen LogP contribution in [0.4, 0.5) is 5.69 Å². The van der Waals surface area contributed by atoms with Crippen LogP contribution in [0, 0.1) is 0 Å². The van der Waals surface area contributed by atoms with E-state index < -0.39 is 0 Å². The minimum atomic E-state index is 0.0408. The number of ether oxygens (including phenoxy) is 3. The predicted octanol–water partition coefficient (Wildman–Crippen LogP) is 4.25. The van der Waals surface area contributed by atoms with Crippen LogP contribution in [0.1, 0.15) is 18.5 Å². The summed E-state index contributed by atoms with van der Waals surface area (Å²) in [4.78, 5) is 0. The van der Waals surface area contributed by atoms with E-state index in [0.29, 0.717) is 16.5 Å². The van der Waals surface area contributed by atoms with Crippen LogP contribution in [0.2, 0.25) is 5.02 Å². The molecule has 4 nitrogen and oxygen atoms in total. The first-order valence-electron chi connectivity index (χ1n) is 6.67. The molecule has 110 valence electrons. The second kappa shape index (κ2) is 5.74. The highest BCUT2D eigenvalue weighted by Crippen LogP contribution is 2.40. The minimum Gasteiger partial charge on any atom is -0.496 e. The van der Waals surface area contributed by atoms with E-state index in [1.165, 1.54) is 0 Å². The molecule has 1 unspecified atom stereocenters. The maximum atomic E-state index is 6.28. The van der Waals surface area contributed by atoms with Crippen LogP contribution in [-0.2, 0) is 0 Å². The molecule has 1 aliphatic heterocycles. The molecule has 5 heteroatoms. The lowest BCUT2D eigenvalue weighted by Gasteiger charge is -2.19. The largest absolute Gasteiger partial charge is 0.496 e. The number of hydrogen-bond donors (Lipinski definition) is 1. The molecule has 2 aromatic rings. The van der Waals surface area contributed by atoms with Gasteiger partial charge in [-0.3, -0.25) is 0 Å². The highest BCUT2D eigenvalue weighted by Gasteiger charge is 2.18. The molecule has 0 amide bonds. The number of benzene rings is 2. The average Bonchev–Trinajstić information content (AvgIpc) is 2.94. The van der Waals surface area contributed by atoms with Gasteiger partial charge in [0.1, 0.15) is 5.75 Å². The van der Waals surface area contributed by atoms with Crippen molar-refractivity contribution in [3.05, 3.63) is 47.0 Å². The van der Waals surface area contributed by atoms with Gasteiger partial charge in [0.05, 0.1) is 23.9 Å². The predicted molar refractivity (Wildman–Crippen MR) is 82.6 cm³/mol. The number of halogens is 1. The monoisotopic (exact) mass is 305 g/mol. The molecule has 0 saturated heterocycles. The SMILES string of the molecule is COc1ccccc1C(C)Nc1cc2c(cc1Cl)OCO2. The summed E-state index contributed by atoms with van der Waals surface area (Å²) >= 11 is 6.28. The third-order valence-electron chi connectivity index (χ3n) is 3.44. The third kappa shape index (κ3) is 2.72. The third-order valence-corrected chi connectivity index (χ3v) is 3.75. The molecule has 21 heavy (non-hydrogen) atoms. The van der Waals surface area contributed by atoms with Crippen molar-refractivity contribution in [2.45, 2.75) is 13.0 Å². The van der Waals surface area contributed by atoms with Crippen LogP contribution >= 0.6 is 11.6 Å². The van der Waals surface area contributed by atoms with Crippen LogP contribution < -0.4 is 19.5 Å². The Morgan fingerprint density at radius 3 is 2.67 bits per heavy atom. The molecular weight excluding hydrogens is 290 g/mol. The van der Waals surface area contributed by atoms with Gasteiger partial charge in [-0.05, 0) is 13.0 Å². The molecule has 0 saturated carbocycles. The Kier molecular flexibility index (Phi) is 3.80. The summed E-state index contributed by atoms with van der Waals surface area (Å²) in [5.74, 6) is 2.22. The van der Waals surface area contributed by atoms with E-state index in [4.69, 9.17) is 25.8 Å². The molecule has 0 bridgehead atoms. The van der Waals surface area contributed by atoms with E-state index in [2.05, 4.69) is 12.2 Å². The van der Waals surface area contributed by atoms with Gasteiger partial charge >= 0.3 is 0 Å². The molecule has 1 aliphatic rings. The van der Waals surface area contributed by atoms with Crippen LogP contribution in [0.15, 0.2) is 36.4 Å². The molecule has 1 N–H and O–H groups in total. The van der Waals surface area contributed by atoms with Crippen molar-refractivity contribution in [2.75, 3.05) is 19.2 Å². The Morgan fingerprint density at radius 1 is 1.19 bits per heavy atom. The molecule has 0 radical (unpaired) electrons. The zero-order chi connectivity index (χ0) is 14.8. The van der Waals surface area contributed by atoms with Gasteiger partial charge in [0.15, 0.2) is 11.5 Å². The number of rotatable bonds is 4. The van der Waals surface area contributed by atoms with Crippen molar-refractivity contribution in [1.82, 2.24) is 0 Å². The summed E-state index contributed by atoms with van der Waals surface area (Å²) in [6.07, 6.45) is 0. The first-order chi connectivity index (χ1) is 10.2. The maximum absolute atomic E-state index is 6.28. The summed E-state index contributed by atoms with van der Waals surface area (Å²) in [6.45, 7) is 2.29. The van der Waals surface area contributed by atoms with Crippen LogP contribution in [0.3, 0.4) is 0 Å². The van der Waals surface area contributed by atoms with Gasteiger partial charge in [0.25, 0.3) is 0 Å². The Hall–Kier alpha value is -2.07. The van der Waals surface area contributed by atoms with Crippen LogP contribution in [-0.4, -0.2) is 13.9 Å². The van der Waals surface area contributed by atoms with Crippen LogP contribution in [0.5, 0.6) is 17.2 Å². The molecule has 0 aliphatic carbocycles. The average molecular weight is 306 g/mol. The fourth-order valence-electron chi connectivity index (χ4n) is 2.36. The Labute approximate surface area is 128 Å². The summed E-state index contributed by atoms with van der Waals surface area (Å²) in [6, 6.07) is 11.6. The van der Waals surface area contributed by atoms with Gasteiger partial charge in [-0.15, -0.1) is 0 Å². The van der Waals surface area contributed by atoms with Gasteiger partial charge in [-0.2, -0.15) is 0 Å². The van der Waals surface area contributed by atoms with E-state index in [1.807, 2.05) is 30.3 Å². The molecule has 0 fully saturated rings. The van der Waals surface area contributed by atoms with Gasteiger partial charge in [-0.1, -0.05) is 29.8 Å².